The summed E-state index contributed by atoms with van der Waals surface area (Å²) in [6.07, 6.45) is 2.78. The topological polar surface area (TPSA) is 46.5 Å². The van der Waals surface area contributed by atoms with Crippen LogP contribution in [0.1, 0.15) is 36.8 Å². The van der Waals surface area contributed by atoms with Crippen LogP contribution in [0.3, 0.4) is 0 Å². The fourth-order valence-electron chi connectivity index (χ4n) is 1.76. The summed E-state index contributed by atoms with van der Waals surface area (Å²) in [4.78, 5) is 10.3. The summed E-state index contributed by atoms with van der Waals surface area (Å²) >= 11 is 0. The molecule has 17 heavy (non-hydrogen) atoms. The Morgan fingerprint density at radius 2 is 1.76 bits per heavy atom. The van der Waals surface area contributed by atoms with Gasteiger partial charge in [-0.1, -0.05) is 6.07 Å². The van der Waals surface area contributed by atoms with E-state index in [0.29, 0.717) is 6.61 Å². The maximum Gasteiger partial charge on any atom is 0.303 e. The van der Waals surface area contributed by atoms with Crippen molar-refractivity contribution in [2.75, 3.05) is 6.61 Å². The number of carboxylic acid groups (broad SMARTS) is 1. The van der Waals surface area contributed by atoms with Crippen LogP contribution in [-0.4, -0.2) is 17.7 Å². The third-order valence-corrected chi connectivity index (χ3v) is 2.50. The summed E-state index contributed by atoms with van der Waals surface area (Å²) in [7, 11) is 0. The second-order valence-electron chi connectivity index (χ2n) is 4.38. The minimum atomic E-state index is -0.722. The number of aliphatic carboxylic acids is 1. The number of benzene rings is 1. The van der Waals surface area contributed by atoms with Gasteiger partial charge in [-0.25, -0.2) is 0 Å². The monoisotopic (exact) mass is 236 g/mol. The van der Waals surface area contributed by atoms with Crippen LogP contribution in [0.25, 0.3) is 0 Å². The van der Waals surface area contributed by atoms with Gasteiger partial charge in [-0.3, -0.25) is 4.79 Å². The molecule has 0 fully saturated rings. The molecule has 0 aromatic heterocycles. The molecule has 0 heterocycles. The highest BCUT2D eigenvalue weighted by molar-refractivity contribution is 5.66. The Morgan fingerprint density at radius 1 is 1.12 bits per heavy atom. The Balaban J connectivity index is 2.20. The van der Waals surface area contributed by atoms with Crippen molar-refractivity contribution < 1.29 is 14.6 Å². The number of ether oxygens (including phenoxy) is 1. The highest BCUT2D eigenvalue weighted by Gasteiger charge is 1.98. The molecule has 0 atom stereocenters. The van der Waals surface area contributed by atoms with Crippen LogP contribution in [0.5, 0.6) is 5.75 Å². The van der Waals surface area contributed by atoms with E-state index in [1.54, 1.807) is 0 Å². The largest absolute Gasteiger partial charge is 0.494 e. The zero-order valence-electron chi connectivity index (χ0n) is 10.5. The van der Waals surface area contributed by atoms with E-state index < -0.39 is 5.97 Å². The molecule has 0 unspecified atom stereocenters. The maximum atomic E-state index is 10.3. The molecule has 94 valence electrons. The smallest absolute Gasteiger partial charge is 0.303 e. The van der Waals surface area contributed by atoms with E-state index in [1.807, 2.05) is 26.0 Å². The second-order valence-corrected chi connectivity index (χ2v) is 4.38. The van der Waals surface area contributed by atoms with Crippen molar-refractivity contribution in [1.29, 1.82) is 0 Å². The number of rotatable bonds is 7. The van der Waals surface area contributed by atoms with E-state index in [0.717, 1.165) is 25.0 Å². The van der Waals surface area contributed by atoms with Gasteiger partial charge in [0, 0.05) is 6.42 Å². The summed E-state index contributed by atoms with van der Waals surface area (Å²) in [5, 5.41) is 8.48. The van der Waals surface area contributed by atoms with Crippen LogP contribution in [-0.2, 0) is 4.79 Å². The summed E-state index contributed by atoms with van der Waals surface area (Å²) in [5.41, 5.74) is 2.40. The molecule has 1 aromatic rings. The summed E-state index contributed by atoms with van der Waals surface area (Å²) < 4.78 is 5.63. The van der Waals surface area contributed by atoms with E-state index in [4.69, 9.17) is 9.84 Å². The molecular weight excluding hydrogens is 216 g/mol. The van der Waals surface area contributed by atoms with Crippen molar-refractivity contribution in [2.24, 2.45) is 0 Å². The zero-order valence-corrected chi connectivity index (χ0v) is 10.5. The fraction of sp³-hybridized carbons (Fsp3) is 0.500. The number of carbonyl (C=O) groups is 1. The molecule has 0 bridgehead atoms. The average Bonchev–Trinajstić information content (AvgIpc) is 2.21. The lowest BCUT2D eigenvalue weighted by Crippen LogP contribution is -1.99. The van der Waals surface area contributed by atoms with Gasteiger partial charge in [-0.15, -0.1) is 0 Å². The average molecular weight is 236 g/mol. The number of unbranched alkanes of at least 4 members (excludes halogenated alkanes) is 2. The van der Waals surface area contributed by atoms with Crippen molar-refractivity contribution in [3.8, 4) is 5.75 Å². The zero-order chi connectivity index (χ0) is 12.7. The minimum absolute atomic E-state index is 0.254. The molecule has 0 saturated heterocycles. The molecular formula is C14H20O3. The lowest BCUT2D eigenvalue weighted by molar-refractivity contribution is -0.137. The Hall–Kier alpha value is -1.51. The van der Waals surface area contributed by atoms with Crippen LogP contribution < -0.4 is 4.74 Å². The Labute approximate surface area is 102 Å². The maximum absolute atomic E-state index is 10.3. The van der Waals surface area contributed by atoms with Crippen molar-refractivity contribution >= 4 is 5.97 Å². The third kappa shape index (κ3) is 5.95. The molecule has 0 spiro atoms. The van der Waals surface area contributed by atoms with Crippen LogP contribution in [0.2, 0.25) is 0 Å². The first-order chi connectivity index (χ1) is 8.08. The summed E-state index contributed by atoms with van der Waals surface area (Å²) in [5.74, 6) is 0.181. The third-order valence-electron chi connectivity index (χ3n) is 2.50. The van der Waals surface area contributed by atoms with E-state index in [1.165, 1.54) is 11.1 Å². The molecule has 0 saturated carbocycles. The van der Waals surface area contributed by atoms with Crippen LogP contribution in [0.4, 0.5) is 0 Å². The van der Waals surface area contributed by atoms with Gasteiger partial charge in [0.25, 0.3) is 0 Å². The lowest BCUT2D eigenvalue weighted by atomic mass is 10.1. The van der Waals surface area contributed by atoms with Crippen LogP contribution in [0.15, 0.2) is 18.2 Å². The predicted octanol–water partition coefficient (Wildman–Crippen LogP) is 3.33. The Kier molecular flexibility index (Phi) is 5.53. The van der Waals surface area contributed by atoms with Crippen molar-refractivity contribution in [2.45, 2.75) is 39.5 Å². The lowest BCUT2D eigenvalue weighted by Gasteiger charge is -2.07. The Bertz CT molecular complexity index is 351. The van der Waals surface area contributed by atoms with Crippen LogP contribution >= 0.6 is 0 Å². The minimum Gasteiger partial charge on any atom is -0.494 e. The van der Waals surface area contributed by atoms with Gasteiger partial charge < -0.3 is 9.84 Å². The number of hydrogen-bond donors (Lipinski definition) is 1. The molecule has 1 rings (SSSR count). The van der Waals surface area contributed by atoms with Crippen molar-refractivity contribution in [3.05, 3.63) is 29.3 Å². The van der Waals surface area contributed by atoms with Gasteiger partial charge in [-0.2, -0.15) is 0 Å². The molecule has 3 nitrogen and oxygen atoms in total. The molecule has 0 aliphatic carbocycles. The molecule has 0 radical (unpaired) electrons. The van der Waals surface area contributed by atoms with Gasteiger partial charge in [-0.05, 0) is 56.4 Å². The van der Waals surface area contributed by atoms with Gasteiger partial charge >= 0.3 is 5.97 Å². The quantitative estimate of drug-likeness (QED) is 0.739. The fourth-order valence-corrected chi connectivity index (χ4v) is 1.76. The SMILES string of the molecule is Cc1cc(C)cc(OCCCCCC(=O)O)c1. The van der Waals surface area contributed by atoms with E-state index >= 15 is 0 Å². The number of aryl methyl sites for hydroxylation is 2. The first-order valence-corrected chi connectivity index (χ1v) is 6.01. The van der Waals surface area contributed by atoms with Gasteiger partial charge in [0.15, 0.2) is 0 Å². The van der Waals surface area contributed by atoms with Gasteiger partial charge in [0.1, 0.15) is 5.75 Å². The normalized spacial score (nSPS) is 10.2. The van der Waals surface area contributed by atoms with E-state index in [9.17, 15) is 4.79 Å². The molecule has 1 aromatic carbocycles. The molecule has 0 aliphatic heterocycles. The van der Waals surface area contributed by atoms with Crippen molar-refractivity contribution in [1.82, 2.24) is 0 Å². The van der Waals surface area contributed by atoms with Gasteiger partial charge in [0.05, 0.1) is 6.61 Å². The first kappa shape index (κ1) is 13.6. The first-order valence-electron chi connectivity index (χ1n) is 6.01. The number of carboxylic acids is 1. The van der Waals surface area contributed by atoms with E-state index in [-0.39, 0.29) is 6.42 Å². The molecule has 3 heteroatoms. The second kappa shape index (κ2) is 6.94. The summed E-state index contributed by atoms with van der Waals surface area (Å²) in [6, 6.07) is 6.15. The molecule has 0 amide bonds. The Morgan fingerprint density at radius 3 is 2.35 bits per heavy atom. The van der Waals surface area contributed by atoms with Gasteiger partial charge in [0.2, 0.25) is 0 Å². The standard InChI is InChI=1S/C14H20O3/c1-11-8-12(2)10-13(9-11)17-7-5-3-4-6-14(15)16/h8-10H,3-7H2,1-2H3,(H,15,16). The van der Waals surface area contributed by atoms with Crippen LogP contribution in [0, 0.1) is 13.8 Å². The predicted molar refractivity (Wildman–Crippen MR) is 67.5 cm³/mol. The molecule has 0 aliphatic rings. The highest BCUT2D eigenvalue weighted by Crippen LogP contribution is 2.16. The number of hydrogen-bond acceptors (Lipinski definition) is 2. The summed E-state index contributed by atoms with van der Waals surface area (Å²) in [6.45, 7) is 4.75. The van der Waals surface area contributed by atoms with E-state index in [2.05, 4.69) is 6.07 Å². The van der Waals surface area contributed by atoms with Crippen molar-refractivity contribution in [3.63, 3.8) is 0 Å². The molecule has 1 N–H and O–H groups in total. The highest BCUT2D eigenvalue weighted by atomic mass is 16.5.